The van der Waals surface area contributed by atoms with Crippen molar-refractivity contribution in [3.05, 3.63) is 78.1 Å². The monoisotopic (exact) mass is 325 g/mol. The van der Waals surface area contributed by atoms with Crippen LogP contribution in [0.5, 0.6) is 0 Å². The van der Waals surface area contributed by atoms with Gasteiger partial charge in [-0.1, -0.05) is 24.1 Å². The van der Waals surface area contributed by atoms with Crippen LogP contribution in [0.2, 0.25) is 0 Å². The second-order valence-electron chi connectivity index (χ2n) is 4.86. The van der Waals surface area contributed by atoms with Crippen LogP contribution in [-0.4, -0.2) is 15.0 Å². The van der Waals surface area contributed by atoms with Crippen molar-refractivity contribution >= 4 is 0 Å². The maximum atomic E-state index is 12.6. The van der Waals surface area contributed by atoms with E-state index in [4.69, 9.17) is 0 Å². The van der Waals surface area contributed by atoms with E-state index in [9.17, 15) is 13.2 Å². The SMILES string of the molecule is FC(F)(F)c1cccc(C#Cc2cccc(-c3cncnc3)c2)n1. The molecule has 2 aromatic heterocycles. The first kappa shape index (κ1) is 15.7. The molecule has 0 atom stereocenters. The first-order chi connectivity index (χ1) is 11.5. The number of nitrogens with zero attached hydrogens (tertiary/aromatic N) is 3. The average molecular weight is 325 g/mol. The predicted molar refractivity (Wildman–Crippen MR) is 82.7 cm³/mol. The van der Waals surface area contributed by atoms with E-state index < -0.39 is 11.9 Å². The van der Waals surface area contributed by atoms with Gasteiger partial charge in [-0.15, -0.1) is 0 Å². The molecule has 3 nitrogen and oxygen atoms in total. The first-order valence-electron chi connectivity index (χ1n) is 6.94. The van der Waals surface area contributed by atoms with E-state index in [2.05, 4.69) is 26.8 Å². The van der Waals surface area contributed by atoms with Crippen LogP contribution in [0, 0.1) is 11.8 Å². The van der Waals surface area contributed by atoms with Gasteiger partial charge in [-0.2, -0.15) is 13.2 Å². The van der Waals surface area contributed by atoms with Gasteiger partial charge in [0.2, 0.25) is 0 Å². The summed E-state index contributed by atoms with van der Waals surface area (Å²) >= 11 is 0. The molecule has 3 rings (SSSR count). The summed E-state index contributed by atoms with van der Waals surface area (Å²) in [5, 5.41) is 0. The van der Waals surface area contributed by atoms with Crippen LogP contribution in [0.15, 0.2) is 61.2 Å². The van der Waals surface area contributed by atoms with Crippen molar-refractivity contribution in [2.75, 3.05) is 0 Å². The van der Waals surface area contributed by atoms with Gasteiger partial charge in [0, 0.05) is 23.5 Å². The van der Waals surface area contributed by atoms with E-state index in [-0.39, 0.29) is 5.69 Å². The summed E-state index contributed by atoms with van der Waals surface area (Å²) in [7, 11) is 0. The molecular weight excluding hydrogens is 315 g/mol. The minimum Gasteiger partial charge on any atom is -0.244 e. The Bertz CT molecular complexity index is 910. The molecule has 0 aliphatic rings. The van der Waals surface area contributed by atoms with Crippen LogP contribution in [0.3, 0.4) is 0 Å². The molecular formula is C18H10F3N3. The van der Waals surface area contributed by atoms with Crippen molar-refractivity contribution in [1.29, 1.82) is 0 Å². The van der Waals surface area contributed by atoms with Crippen LogP contribution < -0.4 is 0 Å². The van der Waals surface area contributed by atoms with E-state index in [0.717, 1.165) is 17.2 Å². The molecule has 0 bridgehead atoms. The number of alkyl halides is 3. The van der Waals surface area contributed by atoms with Gasteiger partial charge >= 0.3 is 6.18 Å². The topological polar surface area (TPSA) is 38.7 Å². The van der Waals surface area contributed by atoms with Gasteiger partial charge in [0.25, 0.3) is 0 Å². The molecule has 1 aromatic carbocycles. The number of rotatable bonds is 1. The lowest BCUT2D eigenvalue weighted by Crippen LogP contribution is -2.08. The van der Waals surface area contributed by atoms with Gasteiger partial charge in [-0.05, 0) is 35.7 Å². The molecule has 0 radical (unpaired) electrons. The van der Waals surface area contributed by atoms with Crippen molar-refractivity contribution in [2.24, 2.45) is 0 Å². The zero-order valence-corrected chi connectivity index (χ0v) is 12.2. The molecule has 2 heterocycles. The Morgan fingerprint density at radius 2 is 1.58 bits per heavy atom. The molecule has 0 aliphatic carbocycles. The predicted octanol–water partition coefficient (Wildman–Crippen LogP) is 3.96. The van der Waals surface area contributed by atoms with Crippen LogP contribution in [0.4, 0.5) is 13.2 Å². The standard InChI is InChI=1S/C18H10F3N3/c19-18(20,21)17-6-2-5-16(24-17)8-7-13-3-1-4-14(9-13)15-10-22-12-23-11-15/h1-6,9-12H. The van der Waals surface area contributed by atoms with Crippen molar-refractivity contribution in [1.82, 2.24) is 15.0 Å². The van der Waals surface area contributed by atoms with Crippen molar-refractivity contribution in [3.63, 3.8) is 0 Å². The van der Waals surface area contributed by atoms with Gasteiger partial charge in [0.05, 0.1) is 0 Å². The third-order valence-corrected chi connectivity index (χ3v) is 3.13. The minimum absolute atomic E-state index is 0.0678. The van der Waals surface area contributed by atoms with Gasteiger partial charge in [0.1, 0.15) is 17.7 Å². The molecule has 0 unspecified atom stereocenters. The van der Waals surface area contributed by atoms with E-state index in [0.29, 0.717) is 5.56 Å². The van der Waals surface area contributed by atoms with E-state index >= 15 is 0 Å². The summed E-state index contributed by atoms with van der Waals surface area (Å²) in [5.41, 5.74) is 1.48. The van der Waals surface area contributed by atoms with Crippen molar-refractivity contribution in [3.8, 4) is 23.0 Å². The second-order valence-corrected chi connectivity index (χ2v) is 4.86. The summed E-state index contributed by atoms with van der Waals surface area (Å²) < 4.78 is 37.9. The highest BCUT2D eigenvalue weighted by Crippen LogP contribution is 2.27. The third-order valence-electron chi connectivity index (χ3n) is 3.13. The van der Waals surface area contributed by atoms with E-state index in [1.54, 1.807) is 18.5 Å². The smallest absolute Gasteiger partial charge is 0.244 e. The molecule has 0 N–H and O–H groups in total. The normalized spacial score (nSPS) is 10.8. The number of aromatic nitrogens is 3. The highest BCUT2D eigenvalue weighted by Gasteiger charge is 2.32. The second kappa shape index (κ2) is 6.50. The number of pyridine rings is 1. The fraction of sp³-hybridized carbons (Fsp3) is 0.0556. The van der Waals surface area contributed by atoms with Crippen LogP contribution >= 0.6 is 0 Å². The first-order valence-corrected chi connectivity index (χ1v) is 6.94. The summed E-state index contributed by atoms with van der Waals surface area (Å²) in [4.78, 5) is 11.4. The summed E-state index contributed by atoms with van der Waals surface area (Å²) in [6.07, 6.45) is 0.305. The Morgan fingerprint density at radius 1 is 0.833 bits per heavy atom. The third kappa shape index (κ3) is 3.76. The molecule has 3 aromatic rings. The van der Waals surface area contributed by atoms with Gasteiger partial charge in [0.15, 0.2) is 0 Å². The fourth-order valence-electron chi connectivity index (χ4n) is 2.02. The Labute approximate surface area is 136 Å². The number of hydrogen-bond acceptors (Lipinski definition) is 3. The molecule has 0 amide bonds. The van der Waals surface area contributed by atoms with E-state index in [1.165, 1.54) is 18.5 Å². The average Bonchev–Trinajstić information content (AvgIpc) is 2.61. The Morgan fingerprint density at radius 3 is 2.33 bits per heavy atom. The number of benzene rings is 1. The molecule has 0 saturated carbocycles. The highest BCUT2D eigenvalue weighted by molar-refractivity contribution is 5.63. The van der Waals surface area contributed by atoms with Crippen molar-refractivity contribution in [2.45, 2.75) is 6.18 Å². The van der Waals surface area contributed by atoms with Crippen LogP contribution in [-0.2, 0) is 6.18 Å². The lowest BCUT2D eigenvalue weighted by molar-refractivity contribution is -0.141. The maximum absolute atomic E-state index is 12.6. The van der Waals surface area contributed by atoms with Gasteiger partial charge in [-0.3, -0.25) is 0 Å². The van der Waals surface area contributed by atoms with Crippen molar-refractivity contribution < 1.29 is 13.2 Å². The molecule has 0 spiro atoms. The molecule has 24 heavy (non-hydrogen) atoms. The lowest BCUT2D eigenvalue weighted by Gasteiger charge is -2.04. The largest absolute Gasteiger partial charge is 0.433 e. The van der Waals surface area contributed by atoms with E-state index in [1.807, 2.05) is 18.2 Å². The zero-order chi connectivity index (χ0) is 17.0. The maximum Gasteiger partial charge on any atom is 0.433 e. The Kier molecular flexibility index (Phi) is 4.25. The van der Waals surface area contributed by atoms with Crippen LogP contribution in [0.25, 0.3) is 11.1 Å². The van der Waals surface area contributed by atoms with Gasteiger partial charge < -0.3 is 0 Å². The molecule has 6 heteroatoms. The Hall–Kier alpha value is -3.20. The molecule has 0 saturated heterocycles. The minimum atomic E-state index is -4.48. The quantitative estimate of drug-likeness (QED) is 0.636. The zero-order valence-electron chi connectivity index (χ0n) is 12.2. The molecule has 0 aliphatic heterocycles. The van der Waals surface area contributed by atoms with Gasteiger partial charge in [-0.25, -0.2) is 15.0 Å². The molecule has 0 fully saturated rings. The summed E-state index contributed by atoms with van der Waals surface area (Å²) in [6, 6.07) is 10.9. The molecule has 118 valence electrons. The summed E-state index contributed by atoms with van der Waals surface area (Å²) in [6.45, 7) is 0. The lowest BCUT2D eigenvalue weighted by atomic mass is 10.1. The highest BCUT2D eigenvalue weighted by atomic mass is 19.4. The number of halogens is 3. The fourth-order valence-corrected chi connectivity index (χ4v) is 2.02. The Balaban J connectivity index is 1.90. The summed E-state index contributed by atoms with van der Waals surface area (Å²) in [5.74, 6) is 5.49. The number of hydrogen-bond donors (Lipinski definition) is 0. The van der Waals surface area contributed by atoms with Crippen LogP contribution in [0.1, 0.15) is 17.0 Å².